The molecule has 4 rings (SSSR count). The van der Waals surface area contributed by atoms with E-state index < -0.39 is 11.6 Å². The molecule has 0 N–H and O–H groups in total. The van der Waals surface area contributed by atoms with Crippen LogP contribution < -0.4 is 19.1 Å². The average molecular weight is 483 g/mol. The van der Waals surface area contributed by atoms with Gasteiger partial charge in [0.1, 0.15) is 11.6 Å². The molecule has 0 radical (unpaired) electrons. The van der Waals surface area contributed by atoms with Crippen molar-refractivity contribution in [1.29, 1.82) is 0 Å². The molecule has 1 amide bonds. The fraction of sp³-hybridized carbons (Fsp3) is 0.120. The average Bonchev–Trinajstić information content (AvgIpc) is 3.14. The van der Waals surface area contributed by atoms with Crippen molar-refractivity contribution in [1.82, 2.24) is 0 Å². The Bertz CT molecular complexity index is 1280. The first-order valence-corrected chi connectivity index (χ1v) is 10.9. The minimum absolute atomic E-state index is 0.342. The SMILES string of the molecule is COc1ccc(/C=C2\SC(=Nc3ccc(F)cc3)N(c3ccc(F)cc3)C2=O)c(OC)c1OC. The molecular formula is C25H20F2N2O4S. The highest BCUT2D eigenvalue weighted by molar-refractivity contribution is 8.19. The molecule has 0 atom stereocenters. The van der Waals surface area contributed by atoms with Crippen molar-refractivity contribution in [3.8, 4) is 17.2 Å². The smallest absolute Gasteiger partial charge is 0.271 e. The molecule has 34 heavy (non-hydrogen) atoms. The second kappa shape index (κ2) is 9.96. The second-order valence-corrected chi connectivity index (χ2v) is 8.03. The number of rotatable bonds is 6. The number of nitrogens with zero attached hydrogens (tertiary/aromatic N) is 2. The van der Waals surface area contributed by atoms with Crippen LogP contribution in [0, 0.1) is 11.6 Å². The third-order valence-corrected chi connectivity index (χ3v) is 5.93. The van der Waals surface area contributed by atoms with Gasteiger partial charge in [-0.25, -0.2) is 13.8 Å². The monoisotopic (exact) mass is 482 g/mol. The number of carbonyl (C=O) groups excluding carboxylic acids is 1. The zero-order valence-corrected chi connectivity index (χ0v) is 19.4. The molecule has 0 bridgehead atoms. The van der Waals surface area contributed by atoms with Crippen molar-refractivity contribution in [2.45, 2.75) is 0 Å². The van der Waals surface area contributed by atoms with Crippen molar-refractivity contribution < 1.29 is 27.8 Å². The zero-order chi connectivity index (χ0) is 24.2. The van der Waals surface area contributed by atoms with Gasteiger partial charge in [0.2, 0.25) is 5.75 Å². The minimum Gasteiger partial charge on any atom is -0.493 e. The molecule has 3 aromatic rings. The number of carbonyl (C=O) groups is 1. The molecule has 9 heteroatoms. The fourth-order valence-electron chi connectivity index (χ4n) is 3.37. The van der Waals surface area contributed by atoms with E-state index >= 15 is 0 Å². The van der Waals surface area contributed by atoms with Crippen molar-refractivity contribution in [2.24, 2.45) is 4.99 Å². The first-order chi connectivity index (χ1) is 16.4. The second-order valence-electron chi connectivity index (χ2n) is 7.02. The lowest BCUT2D eigenvalue weighted by molar-refractivity contribution is -0.113. The van der Waals surface area contributed by atoms with Crippen LogP contribution in [0.2, 0.25) is 0 Å². The Balaban J connectivity index is 1.81. The number of hydrogen-bond acceptors (Lipinski definition) is 6. The number of anilines is 1. The van der Waals surface area contributed by atoms with Crippen LogP contribution in [0.25, 0.3) is 6.08 Å². The number of amides is 1. The molecule has 174 valence electrons. The minimum atomic E-state index is -0.425. The molecule has 6 nitrogen and oxygen atoms in total. The summed E-state index contributed by atoms with van der Waals surface area (Å²) in [4.78, 5) is 19.7. The number of thioether (sulfide) groups is 1. The summed E-state index contributed by atoms with van der Waals surface area (Å²) in [6, 6.07) is 14.6. The van der Waals surface area contributed by atoms with E-state index in [9.17, 15) is 13.6 Å². The molecule has 0 aromatic heterocycles. The maximum atomic E-state index is 13.5. The van der Waals surface area contributed by atoms with E-state index in [4.69, 9.17) is 14.2 Å². The molecule has 1 heterocycles. The van der Waals surface area contributed by atoms with Crippen molar-refractivity contribution in [2.75, 3.05) is 26.2 Å². The molecule has 0 aliphatic carbocycles. The number of ether oxygens (including phenoxy) is 3. The topological polar surface area (TPSA) is 60.4 Å². The molecule has 1 aliphatic rings. The number of halogens is 2. The lowest BCUT2D eigenvalue weighted by atomic mass is 10.1. The largest absolute Gasteiger partial charge is 0.493 e. The molecule has 1 aliphatic heterocycles. The highest BCUT2D eigenvalue weighted by Crippen LogP contribution is 2.43. The van der Waals surface area contributed by atoms with Gasteiger partial charge in [0.05, 0.1) is 37.6 Å². The van der Waals surface area contributed by atoms with Gasteiger partial charge in [0, 0.05) is 5.56 Å². The Kier molecular flexibility index (Phi) is 6.83. The predicted molar refractivity (Wildman–Crippen MR) is 129 cm³/mol. The van der Waals surface area contributed by atoms with Gasteiger partial charge in [-0.15, -0.1) is 0 Å². The van der Waals surface area contributed by atoms with Crippen molar-refractivity contribution >= 4 is 40.3 Å². The molecule has 3 aromatic carbocycles. The Morgan fingerprint density at radius 3 is 2.03 bits per heavy atom. The fourth-order valence-corrected chi connectivity index (χ4v) is 4.36. The van der Waals surface area contributed by atoms with Gasteiger partial charge in [0.15, 0.2) is 16.7 Å². The van der Waals surface area contributed by atoms with Crippen LogP contribution in [-0.4, -0.2) is 32.4 Å². The van der Waals surface area contributed by atoms with Crippen LogP contribution in [0.4, 0.5) is 20.2 Å². The summed E-state index contributed by atoms with van der Waals surface area (Å²) in [6.45, 7) is 0. The standard InChI is InChI=1S/C25H20F2N2O4S/c1-31-20-13-4-15(22(32-2)23(20)33-3)14-21-24(30)29(19-11-7-17(27)8-12-19)25(34-21)28-18-9-5-16(26)6-10-18/h4-14H,1-3H3/b21-14-,28-25?. The molecule has 1 fully saturated rings. The van der Waals surface area contributed by atoms with Gasteiger partial charge in [0.25, 0.3) is 5.91 Å². The predicted octanol–water partition coefficient (Wildman–Crippen LogP) is 5.80. The van der Waals surface area contributed by atoms with Crippen LogP contribution in [0.5, 0.6) is 17.2 Å². The summed E-state index contributed by atoms with van der Waals surface area (Å²) < 4.78 is 43.1. The van der Waals surface area contributed by atoms with E-state index in [2.05, 4.69) is 4.99 Å². The Morgan fingerprint density at radius 2 is 1.44 bits per heavy atom. The van der Waals surface area contributed by atoms with E-state index in [1.54, 1.807) is 18.2 Å². The normalized spacial score (nSPS) is 15.8. The third-order valence-electron chi connectivity index (χ3n) is 4.96. The quantitative estimate of drug-likeness (QED) is 0.416. The number of hydrogen-bond donors (Lipinski definition) is 0. The maximum absolute atomic E-state index is 13.5. The van der Waals surface area contributed by atoms with E-state index in [1.807, 2.05) is 0 Å². The third kappa shape index (κ3) is 4.60. The molecule has 0 unspecified atom stereocenters. The molecule has 1 saturated heterocycles. The molecule has 0 saturated carbocycles. The number of aliphatic imine (C=N–C) groups is 1. The summed E-state index contributed by atoms with van der Waals surface area (Å²) in [5.41, 5.74) is 1.51. The van der Waals surface area contributed by atoms with Crippen LogP contribution >= 0.6 is 11.8 Å². The summed E-state index contributed by atoms with van der Waals surface area (Å²) >= 11 is 1.13. The van der Waals surface area contributed by atoms with Gasteiger partial charge in [-0.1, -0.05) is 0 Å². The maximum Gasteiger partial charge on any atom is 0.271 e. The van der Waals surface area contributed by atoms with Crippen LogP contribution in [0.3, 0.4) is 0 Å². The van der Waals surface area contributed by atoms with E-state index in [0.29, 0.717) is 44.3 Å². The Morgan fingerprint density at radius 1 is 0.824 bits per heavy atom. The zero-order valence-electron chi connectivity index (χ0n) is 18.5. The number of methoxy groups -OCH3 is 3. The summed E-state index contributed by atoms with van der Waals surface area (Å²) in [5, 5.41) is 0.342. The Hall–Kier alpha value is -3.85. The highest BCUT2D eigenvalue weighted by atomic mass is 32.2. The van der Waals surface area contributed by atoms with Crippen molar-refractivity contribution in [3.63, 3.8) is 0 Å². The van der Waals surface area contributed by atoms with Crippen LogP contribution in [0.1, 0.15) is 5.56 Å². The molecule has 0 spiro atoms. The highest BCUT2D eigenvalue weighted by Gasteiger charge is 2.35. The van der Waals surface area contributed by atoms with Crippen LogP contribution in [-0.2, 0) is 4.79 Å². The van der Waals surface area contributed by atoms with Crippen LogP contribution in [0.15, 0.2) is 70.6 Å². The lowest BCUT2D eigenvalue weighted by Crippen LogP contribution is -2.28. The summed E-state index contributed by atoms with van der Waals surface area (Å²) in [5.74, 6) is 0.111. The lowest BCUT2D eigenvalue weighted by Gasteiger charge is -2.16. The van der Waals surface area contributed by atoms with Gasteiger partial charge in [-0.3, -0.25) is 9.69 Å². The van der Waals surface area contributed by atoms with Gasteiger partial charge in [-0.05, 0) is 78.5 Å². The van der Waals surface area contributed by atoms with Gasteiger partial charge < -0.3 is 14.2 Å². The number of benzene rings is 3. The number of amidine groups is 1. The van der Waals surface area contributed by atoms with E-state index in [-0.39, 0.29) is 5.91 Å². The summed E-state index contributed by atoms with van der Waals surface area (Å²) in [7, 11) is 4.51. The molecular weight excluding hydrogens is 462 g/mol. The van der Waals surface area contributed by atoms with Crippen molar-refractivity contribution in [3.05, 3.63) is 82.8 Å². The van der Waals surface area contributed by atoms with Gasteiger partial charge >= 0.3 is 0 Å². The van der Waals surface area contributed by atoms with E-state index in [0.717, 1.165) is 11.8 Å². The summed E-state index contributed by atoms with van der Waals surface area (Å²) in [6.07, 6.45) is 1.66. The first-order valence-electron chi connectivity index (χ1n) is 10.1. The van der Waals surface area contributed by atoms with E-state index in [1.165, 1.54) is 74.8 Å². The van der Waals surface area contributed by atoms with Gasteiger partial charge in [-0.2, -0.15) is 0 Å². The Labute approximate surface area is 199 Å². The first kappa shape index (κ1) is 23.3.